The second kappa shape index (κ2) is 5.89. The van der Waals surface area contributed by atoms with E-state index in [-0.39, 0.29) is 0 Å². The molecule has 0 amide bonds. The van der Waals surface area contributed by atoms with Crippen LogP contribution in [0.15, 0.2) is 54.6 Å². The van der Waals surface area contributed by atoms with E-state index in [9.17, 15) is 0 Å². The first-order valence-electron chi connectivity index (χ1n) is 8.64. The molecule has 2 atom stereocenters. The maximum Gasteiger partial charge on any atom is 0.0126 e. The van der Waals surface area contributed by atoms with Crippen molar-refractivity contribution in [2.75, 3.05) is 20.1 Å². The summed E-state index contributed by atoms with van der Waals surface area (Å²) in [4.78, 5) is 2.48. The average Bonchev–Trinajstić information content (AvgIpc) is 2.96. The first kappa shape index (κ1) is 14.0. The summed E-state index contributed by atoms with van der Waals surface area (Å²) in [6.07, 6.45) is 3.99. The topological polar surface area (TPSA) is 3.24 Å². The van der Waals surface area contributed by atoms with Gasteiger partial charge in [-0.15, -0.1) is 0 Å². The molecule has 2 aliphatic rings. The van der Waals surface area contributed by atoms with E-state index in [4.69, 9.17) is 0 Å². The molecule has 1 heterocycles. The molecule has 2 unspecified atom stereocenters. The highest BCUT2D eigenvalue weighted by Crippen LogP contribution is 2.47. The van der Waals surface area contributed by atoms with Crippen LogP contribution in [0.4, 0.5) is 0 Å². The number of fused-ring (bicyclic) bond motifs is 1. The predicted octanol–water partition coefficient (Wildman–Crippen LogP) is 4.33. The minimum atomic E-state index is 0.603. The minimum absolute atomic E-state index is 0.603. The summed E-state index contributed by atoms with van der Waals surface area (Å²) in [6, 6.07) is 20.3. The molecule has 1 saturated heterocycles. The van der Waals surface area contributed by atoms with Crippen LogP contribution < -0.4 is 0 Å². The van der Waals surface area contributed by atoms with Crippen LogP contribution in [-0.4, -0.2) is 25.0 Å². The van der Waals surface area contributed by atoms with E-state index in [1.165, 1.54) is 37.9 Å². The van der Waals surface area contributed by atoms with Gasteiger partial charge in [0.05, 0.1) is 0 Å². The lowest BCUT2D eigenvalue weighted by atomic mass is 9.74. The summed E-state index contributed by atoms with van der Waals surface area (Å²) in [7, 11) is 2.26. The SMILES string of the molecule is CN1CCC(C2Cc3ccccc3C2c2ccccc2)CC1. The summed E-state index contributed by atoms with van der Waals surface area (Å²) < 4.78 is 0. The molecule has 0 saturated carbocycles. The van der Waals surface area contributed by atoms with E-state index >= 15 is 0 Å². The molecule has 2 aromatic rings. The third-order valence-corrected chi connectivity index (χ3v) is 5.80. The Hall–Kier alpha value is -1.60. The molecule has 2 aromatic carbocycles. The molecule has 0 aromatic heterocycles. The zero-order valence-corrected chi connectivity index (χ0v) is 13.4. The van der Waals surface area contributed by atoms with Crippen molar-refractivity contribution in [3.63, 3.8) is 0 Å². The quantitative estimate of drug-likeness (QED) is 0.796. The molecule has 0 N–H and O–H groups in total. The van der Waals surface area contributed by atoms with Crippen LogP contribution in [-0.2, 0) is 6.42 Å². The number of hydrogen-bond donors (Lipinski definition) is 0. The smallest absolute Gasteiger partial charge is 0.0126 e. The Morgan fingerprint density at radius 3 is 2.32 bits per heavy atom. The van der Waals surface area contributed by atoms with Crippen molar-refractivity contribution in [3.05, 3.63) is 71.3 Å². The minimum Gasteiger partial charge on any atom is -0.306 e. The fourth-order valence-corrected chi connectivity index (χ4v) is 4.61. The zero-order valence-electron chi connectivity index (χ0n) is 13.4. The largest absolute Gasteiger partial charge is 0.306 e. The van der Waals surface area contributed by atoms with E-state index in [0.29, 0.717) is 5.92 Å². The molecular formula is C21H25N. The highest BCUT2D eigenvalue weighted by atomic mass is 15.1. The molecule has 1 aliphatic heterocycles. The number of rotatable bonds is 2. The number of likely N-dealkylation sites (tertiary alicyclic amines) is 1. The molecular weight excluding hydrogens is 266 g/mol. The van der Waals surface area contributed by atoms with E-state index < -0.39 is 0 Å². The van der Waals surface area contributed by atoms with Gasteiger partial charge >= 0.3 is 0 Å². The van der Waals surface area contributed by atoms with Crippen LogP contribution in [0.25, 0.3) is 0 Å². The number of nitrogens with zero attached hydrogens (tertiary/aromatic N) is 1. The zero-order chi connectivity index (χ0) is 14.9. The molecule has 114 valence electrons. The lowest BCUT2D eigenvalue weighted by Crippen LogP contribution is -2.34. The summed E-state index contributed by atoms with van der Waals surface area (Å²) in [5, 5.41) is 0. The monoisotopic (exact) mass is 291 g/mol. The van der Waals surface area contributed by atoms with Crippen molar-refractivity contribution in [3.8, 4) is 0 Å². The Balaban J connectivity index is 1.69. The highest BCUT2D eigenvalue weighted by Gasteiger charge is 2.38. The molecule has 1 heteroatoms. The molecule has 1 aliphatic carbocycles. The van der Waals surface area contributed by atoms with Gasteiger partial charge in [0, 0.05) is 5.92 Å². The average molecular weight is 291 g/mol. The van der Waals surface area contributed by atoms with Gasteiger partial charge in [0.1, 0.15) is 0 Å². The van der Waals surface area contributed by atoms with Crippen LogP contribution in [0, 0.1) is 11.8 Å². The van der Waals surface area contributed by atoms with Crippen LogP contribution >= 0.6 is 0 Å². The van der Waals surface area contributed by atoms with Crippen LogP contribution in [0.5, 0.6) is 0 Å². The number of hydrogen-bond acceptors (Lipinski definition) is 1. The summed E-state index contributed by atoms with van der Waals surface area (Å²) >= 11 is 0. The predicted molar refractivity (Wildman–Crippen MR) is 92.1 cm³/mol. The normalized spacial score (nSPS) is 26.0. The van der Waals surface area contributed by atoms with Crippen LogP contribution in [0.2, 0.25) is 0 Å². The van der Waals surface area contributed by atoms with Gasteiger partial charge in [-0.2, -0.15) is 0 Å². The Morgan fingerprint density at radius 1 is 0.864 bits per heavy atom. The van der Waals surface area contributed by atoms with Gasteiger partial charge in [0.15, 0.2) is 0 Å². The van der Waals surface area contributed by atoms with Gasteiger partial charge < -0.3 is 4.90 Å². The molecule has 22 heavy (non-hydrogen) atoms. The van der Waals surface area contributed by atoms with Crippen LogP contribution in [0.3, 0.4) is 0 Å². The van der Waals surface area contributed by atoms with Crippen molar-refractivity contribution in [2.45, 2.75) is 25.2 Å². The molecule has 1 fully saturated rings. The Bertz CT molecular complexity index is 625. The van der Waals surface area contributed by atoms with Gasteiger partial charge in [-0.3, -0.25) is 0 Å². The highest BCUT2D eigenvalue weighted by molar-refractivity contribution is 5.43. The van der Waals surface area contributed by atoms with Crippen molar-refractivity contribution in [1.29, 1.82) is 0 Å². The van der Waals surface area contributed by atoms with Crippen molar-refractivity contribution >= 4 is 0 Å². The standard InChI is InChI=1S/C21H25N/c1-22-13-11-16(12-14-22)20-15-18-9-5-6-10-19(18)21(20)17-7-3-2-4-8-17/h2-10,16,20-21H,11-15H2,1H3. The van der Waals surface area contributed by atoms with Gasteiger partial charge in [-0.1, -0.05) is 54.6 Å². The molecule has 0 radical (unpaired) electrons. The lowest BCUT2D eigenvalue weighted by Gasteiger charge is -2.35. The second-order valence-corrected chi connectivity index (χ2v) is 7.10. The molecule has 1 nitrogen and oxygen atoms in total. The third kappa shape index (κ3) is 2.48. The van der Waals surface area contributed by atoms with E-state index in [1.807, 2.05) is 0 Å². The van der Waals surface area contributed by atoms with Gasteiger partial charge in [-0.25, -0.2) is 0 Å². The summed E-state index contributed by atoms with van der Waals surface area (Å²) in [5.74, 6) is 2.26. The summed E-state index contributed by atoms with van der Waals surface area (Å²) in [5.41, 5.74) is 4.68. The molecule has 4 rings (SSSR count). The fraction of sp³-hybridized carbons (Fsp3) is 0.429. The first-order valence-corrected chi connectivity index (χ1v) is 8.64. The van der Waals surface area contributed by atoms with Gasteiger partial charge in [0.2, 0.25) is 0 Å². The molecule has 0 spiro atoms. The first-order chi connectivity index (χ1) is 10.8. The van der Waals surface area contributed by atoms with E-state index in [1.54, 1.807) is 11.1 Å². The fourth-order valence-electron chi connectivity index (χ4n) is 4.61. The van der Waals surface area contributed by atoms with Crippen molar-refractivity contribution in [1.82, 2.24) is 4.90 Å². The lowest BCUT2D eigenvalue weighted by molar-refractivity contribution is 0.166. The number of piperidine rings is 1. The maximum absolute atomic E-state index is 2.48. The Labute approximate surface area is 134 Å². The Morgan fingerprint density at radius 2 is 1.55 bits per heavy atom. The number of benzene rings is 2. The van der Waals surface area contributed by atoms with E-state index in [2.05, 4.69) is 66.5 Å². The third-order valence-electron chi connectivity index (χ3n) is 5.80. The van der Waals surface area contributed by atoms with Gasteiger partial charge in [-0.05, 0) is 67.9 Å². The van der Waals surface area contributed by atoms with Crippen LogP contribution in [0.1, 0.15) is 35.4 Å². The Kier molecular flexibility index (Phi) is 3.75. The maximum atomic E-state index is 2.48. The van der Waals surface area contributed by atoms with E-state index in [0.717, 1.165) is 11.8 Å². The van der Waals surface area contributed by atoms with Crippen molar-refractivity contribution < 1.29 is 0 Å². The molecule has 0 bridgehead atoms. The van der Waals surface area contributed by atoms with Gasteiger partial charge in [0.25, 0.3) is 0 Å². The summed E-state index contributed by atoms with van der Waals surface area (Å²) in [6.45, 7) is 2.53. The second-order valence-electron chi connectivity index (χ2n) is 7.10. The van der Waals surface area contributed by atoms with Crippen molar-refractivity contribution in [2.24, 2.45) is 11.8 Å².